The van der Waals surface area contributed by atoms with Crippen LogP contribution < -0.4 is 0 Å². The molecule has 2 aliphatic rings. The second-order valence-corrected chi connectivity index (χ2v) is 17.6. The summed E-state index contributed by atoms with van der Waals surface area (Å²) in [4.78, 5) is 0. The lowest BCUT2D eigenvalue weighted by Crippen LogP contribution is -2.14. The molecule has 0 N–H and O–H groups in total. The van der Waals surface area contributed by atoms with Gasteiger partial charge in [0.05, 0.1) is 0 Å². The first kappa shape index (κ1) is 33.4. The van der Waals surface area contributed by atoms with Crippen molar-refractivity contribution in [1.29, 1.82) is 0 Å². The summed E-state index contributed by atoms with van der Waals surface area (Å²) >= 11 is 0. The molecule has 10 aromatic carbocycles. The van der Waals surface area contributed by atoms with Gasteiger partial charge in [-0.05, 0) is 139 Å². The van der Waals surface area contributed by atoms with Crippen LogP contribution in [-0.2, 0) is 10.8 Å². The van der Waals surface area contributed by atoms with E-state index in [1.54, 1.807) is 0 Å². The summed E-state index contributed by atoms with van der Waals surface area (Å²) in [5, 5.41) is 10.2. The molecule has 2 aliphatic carbocycles. The topological polar surface area (TPSA) is 0 Å². The number of benzene rings is 10. The van der Waals surface area contributed by atoms with Gasteiger partial charge in [-0.1, -0.05) is 191 Å². The monoisotopic (exact) mass is 738 g/mol. The first-order chi connectivity index (χ1) is 28.3. The standard InChI is InChI=1S/C58H42/c1-57(2)51-26-14-12-23-46(51)56-47(24-15-27-52(56)57)55-44-22-10-9-21-43(44)54(48-33-37-16-5-6-17-38(37)39-18-7-8-19-40(39)48)45-31-29-35(32-49(45)55)36-28-30-42-41-20-11-13-25-50(41)58(3,4)53(42)34-36/h5-34H,1-4H3. The molecule has 0 radical (unpaired) electrons. The van der Waals surface area contributed by atoms with Gasteiger partial charge < -0.3 is 0 Å². The van der Waals surface area contributed by atoms with Crippen LogP contribution in [0.3, 0.4) is 0 Å². The maximum absolute atomic E-state index is 2.51. The Bertz CT molecular complexity index is 3390. The van der Waals surface area contributed by atoms with Crippen LogP contribution in [0.1, 0.15) is 49.9 Å². The van der Waals surface area contributed by atoms with Gasteiger partial charge in [-0.25, -0.2) is 0 Å². The van der Waals surface area contributed by atoms with Crippen molar-refractivity contribution in [3.63, 3.8) is 0 Å². The maximum Gasteiger partial charge on any atom is 0.0159 e. The van der Waals surface area contributed by atoms with Gasteiger partial charge in [-0.15, -0.1) is 0 Å². The normalized spacial score (nSPS) is 14.5. The van der Waals surface area contributed by atoms with Gasteiger partial charge in [0.1, 0.15) is 0 Å². The largest absolute Gasteiger partial charge is 0.0619 e. The molecule has 0 atom stereocenters. The van der Waals surface area contributed by atoms with Gasteiger partial charge in [0, 0.05) is 10.8 Å². The number of fused-ring (bicyclic) bond motifs is 11. The van der Waals surface area contributed by atoms with Crippen LogP contribution >= 0.6 is 0 Å². The van der Waals surface area contributed by atoms with E-state index >= 15 is 0 Å². The number of hydrogen-bond acceptors (Lipinski definition) is 0. The molecule has 10 aromatic rings. The highest BCUT2D eigenvalue weighted by atomic mass is 14.4. The fraction of sp³-hybridized carbons (Fsp3) is 0.103. The summed E-state index contributed by atoms with van der Waals surface area (Å²) in [5.41, 5.74) is 18.5. The summed E-state index contributed by atoms with van der Waals surface area (Å²) in [6, 6.07) is 68.9. The van der Waals surface area contributed by atoms with E-state index in [-0.39, 0.29) is 10.8 Å². The molecule has 0 spiro atoms. The average molecular weight is 739 g/mol. The molecule has 0 amide bonds. The molecule has 0 heterocycles. The van der Waals surface area contributed by atoms with Gasteiger partial charge in [0.25, 0.3) is 0 Å². The van der Waals surface area contributed by atoms with Crippen molar-refractivity contribution in [3.8, 4) is 55.6 Å². The Balaban J connectivity index is 1.21. The van der Waals surface area contributed by atoms with E-state index in [0.717, 1.165) is 0 Å². The van der Waals surface area contributed by atoms with E-state index in [4.69, 9.17) is 0 Å². The lowest BCUT2D eigenvalue weighted by molar-refractivity contribution is 0.660. The van der Waals surface area contributed by atoms with Crippen LogP contribution in [0.2, 0.25) is 0 Å². The Labute approximate surface area is 340 Å². The van der Waals surface area contributed by atoms with E-state index in [9.17, 15) is 0 Å². The molecule has 274 valence electrons. The molecule has 0 saturated heterocycles. The van der Waals surface area contributed by atoms with Gasteiger partial charge in [0.15, 0.2) is 0 Å². The Hall–Kier alpha value is -6.76. The molecule has 12 rings (SSSR count). The minimum atomic E-state index is -0.0997. The van der Waals surface area contributed by atoms with Gasteiger partial charge >= 0.3 is 0 Å². The maximum atomic E-state index is 2.51. The smallest absolute Gasteiger partial charge is 0.0159 e. The lowest BCUT2D eigenvalue weighted by Gasteiger charge is -2.23. The van der Waals surface area contributed by atoms with Crippen LogP contribution in [0, 0.1) is 0 Å². The zero-order valence-corrected chi connectivity index (χ0v) is 33.3. The van der Waals surface area contributed by atoms with Crippen molar-refractivity contribution >= 4 is 43.1 Å². The highest BCUT2D eigenvalue weighted by Gasteiger charge is 2.38. The quantitative estimate of drug-likeness (QED) is 0.125. The summed E-state index contributed by atoms with van der Waals surface area (Å²) in [6.07, 6.45) is 0. The van der Waals surface area contributed by atoms with E-state index in [1.165, 1.54) is 121 Å². The molecular formula is C58H42. The van der Waals surface area contributed by atoms with E-state index in [0.29, 0.717) is 0 Å². The molecule has 0 fully saturated rings. The molecule has 0 aliphatic heterocycles. The first-order valence-electron chi connectivity index (χ1n) is 20.7. The summed E-state index contributed by atoms with van der Waals surface area (Å²) in [6.45, 7) is 9.53. The predicted molar refractivity (Wildman–Crippen MR) is 248 cm³/mol. The van der Waals surface area contributed by atoms with Crippen molar-refractivity contribution in [2.75, 3.05) is 0 Å². The van der Waals surface area contributed by atoms with Crippen LogP contribution in [-0.4, -0.2) is 0 Å². The predicted octanol–water partition coefficient (Wildman–Crippen LogP) is 15.9. The Kier molecular flexibility index (Phi) is 6.84. The van der Waals surface area contributed by atoms with E-state index in [1.807, 2.05) is 0 Å². The Morgan fingerprint density at radius 1 is 0.259 bits per heavy atom. The second-order valence-electron chi connectivity index (χ2n) is 17.6. The minimum absolute atomic E-state index is 0.0742. The molecule has 0 bridgehead atoms. The van der Waals surface area contributed by atoms with Gasteiger partial charge in [-0.3, -0.25) is 0 Å². The fourth-order valence-corrected chi connectivity index (χ4v) is 11.0. The zero-order valence-electron chi connectivity index (χ0n) is 33.3. The molecular weight excluding hydrogens is 697 g/mol. The molecule has 0 aromatic heterocycles. The molecule has 0 heteroatoms. The number of hydrogen-bond donors (Lipinski definition) is 0. The highest BCUT2D eigenvalue weighted by molar-refractivity contribution is 6.27. The third-order valence-corrected chi connectivity index (χ3v) is 13.9. The van der Waals surface area contributed by atoms with Crippen LogP contribution in [0.4, 0.5) is 0 Å². The SMILES string of the molecule is CC1(C)c2ccccc2-c2ccc(-c3ccc4c(-c5cc6ccccc6c6ccccc56)c5ccccc5c(-c5cccc6c5-c5ccccc5C6(C)C)c4c3)cc21. The molecule has 0 unspecified atom stereocenters. The van der Waals surface area contributed by atoms with E-state index in [2.05, 4.69) is 210 Å². The Morgan fingerprint density at radius 2 is 0.759 bits per heavy atom. The highest BCUT2D eigenvalue weighted by Crippen LogP contribution is 2.56. The number of rotatable bonds is 3. The average Bonchev–Trinajstić information content (AvgIpc) is 3.64. The Morgan fingerprint density at radius 3 is 1.53 bits per heavy atom. The van der Waals surface area contributed by atoms with Crippen LogP contribution in [0.15, 0.2) is 182 Å². The summed E-state index contributed by atoms with van der Waals surface area (Å²) in [5.74, 6) is 0. The van der Waals surface area contributed by atoms with Crippen molar-refractivity contribution in [3.05, 3.63) is 204 Å². The zero-order chi connectivity index (χ0) is 38.9. The third-order valence-electron chi connectivity index (χ3n) is 13.9. The third kappa shape index (κ3) is 4.46. The molecule has 58 heavy (non-hydrogen) atoms. The lowest BCUT2D eigenvalue weighted by atomic mass is 9.79. The van der Waals surface area contributed by atoms with Crippen LogP contribution in [0.25, 0.3) is 98.7 Å². The van der Waals surface area contributed by atoms with Crippen LogP contribution in [0.5, 0.6) is 0 Å². The molecule has 0 saturated carbocycles. The molecule has 0 nitrogen and oxygen atoms in total. The fourth-order valence-electron chi connectivity index (χ4n) is 11.0. The summed E-state index contributed by atoms with van der Waals surface area (Å²) in [7, 11) is 0. The van der Waals surface area contributed by atoms with E-state index < -0.39 is 0 Å². The second kappa shape index (κ2) is 11.9. The van der Waals surface area contributed by atoms with Gasteiger partial charge in [0.2, 0.25) is 0 Å². The van der Waals surface area contributed by atoms with Crippen molar-refractivity contribution < 1.29 is 0 Å². The van der Waals surface area contributed by atoms with Crippen molar-refractivity contribution in [2.45, 2.75) is 38.5 Å². The minimum Gasteiger partial charge on any atom is -0.0619 e. The first-order valence-corrected chi connectivity index (χ1v) is 20.7. The van der Waals surface area contributed by atoms with Crippen molar-refractivity contribution in [2.24, 2.45) is 0 Å². The van der Waals surface area contributed by atoms with Crippen molar-refractivity contribution in [1.82, 2.24) is 0 Å². The van der Waals surface area contributed by atoms with Gasteiger partial charge in [-0.2, -0.15) is 0 Å². The summed E-state index contributed by atoms with van der Waals surface area (Å²) < 4.78 is 0.